The Morgan fingerprint density at radius 2 is 1.83 bits per heavy atom. The lowest BCUT2D eigenvalue weighted by Gasteiger charge is -2.61. The van der Waals surface area contributed by atoms with Crippen LogP contribution < -0.4 is 0 Å². The number of esters is 1. The maximum atomic E-state index is 11.7. The third kappa shape index (κ3) is 3.51. The molecule has 8 atom stereocenters. The van der Waals surface area contributed by atoms with Crippen LogP contribution in [0.4, 0.5) is 0 Å². The Labute approximate surface area is 181 Å². The van der Waals surface area contributed by atoms with Gasteiger partial charge in [-0.05, 0) is 99.3 Å². The molecule has 5 heteroatoms. The Hall–Kier alpha value is -0.790. The van der Waals surface area contributed by atoms with Crippen molar-refractivity contribution in [1.82, 2.24) is 4.90 Å². The first-order chi connectivity index (χ1) is 13.8. The summed E-state index contributed by atoms with van der Waals surface area (Å²) in [6.45, 7) is 5.62. The Kier molecular flexibility index (Phi) is 5.95. The van der Waals surface area contributed by atoms with E-state index >= 15 is 0 Å². The topological polar surface area (TPSA) is 53.3 Å². The number of rotatable bonds is 4. The second-order valence-corrected chi connectivity index (χ2v) is 11.2. The minimum absolute atomic E-state index is 0.0369. The molecule has 29 heavy (non-hydrogen) atoms. The van der Waals surface area contributed by atoms with Crippen LogP contribution >= 0.6 is 11.6 Å². The molecule has 0 heterocycles. The van der Waals surface area contributed by atoms with E-state index in [9.17, 15) is 10.1 Å². The van der Waals surface area contributed by atoms with Crippen molar-refractivity contribution in [2.75, 3.05) is 19.5 Å². The lowest BCUT2D eigenvalue weighted by Crippen LogP contribution is -2.56. The Morgan fingerprint density at radius 3 is 2.55 bits per heavy atom. The number of alkyl halides is 1. The van der Waals surface area contributed by atoms with Crippen LogP contribution in [0.25, 0.3) is 0 Å². The summed E-state index contributed by atoms with van der Waals surface area (Å²) in [5.74, 6) is 2.82. The Balaban J connectivity index is 1.49. The average Bonchev–Trinajstić information content (AvgIpc) is 3.05. The molecule has 0 aromatic heterocycles. The monoisotopic (exact) mass is 420 g/mol. The second kappa shape index (κ2) is 8.04. The molecule has 0 radical (unpaired) electrons. The van der Waals surface area contributed by atoms with Crippen LogP contribution in [0.2, 0.25) is 0 Å². The first-order valence-electron chi connectivity index (χ1n) is 11.7. The molecule has 0 spiro atoms. The van der Waals surface area contributed by atoms with Crippen LogP contribution in [-0.2, 0) is 9.53 Å². The minimum atomic E-state index is -0.263. The SMILES string of the molecule is CN(CC#N)[C@H]1CC[C@H]2[C@@H]3CC[C@H]4C[C@H](OC(=O)CCl)CC[C@]4(C)[C@H]3CC[C@]12C. The fourth-order valence-electron chi connectivity index (χ4n) is 8.46. The lowest BCUT2D eigenvalue weighted by molar-refractivity contribution is -0.159. The number of hydrogen-bond acceptors (Lipinski definition) is 4. The molecule has 0 aromatic carbocycles. The average molecular weight is 421 g/mol. The molecule has 4 saturated carbocycles. The van der Waals surface area contributed by atoms with Gasteiger partial charge >= 0.3 is 5.97 Å². The molecule has 4 aliphatic rings. The lowest BCUT2D eigenvalue weighted by atomic mass is 9.45. The summed E-state index contributed by atoms with van der Waals surface area (Å²) in [4.78, 5) is 14.0. The molecular weight excluding hydrogens is 384 g/mol. The number of ether oxygens (including phenoxy) is 1. The molecule has 0 unspecified atom stereocenters. The van der Waals surface area contributed by atoms with E-state index in [2.05, 4.69) is 31.9 Å². The third-order valence-electron chi connectivity index (χ3n) is 9.83. The van der Waals surface area contributed by atoms with Crippen molar-refractivity contribution >= 4 is 17.6 Å². The van der Waals surface area contributed by atoms with Gasteiger partial charge in [-0.1, -0.05) is 13.8 Å². The summed E-state index contributed by atoms with van der Waals surface area (Å²) in [6, 6.07) is 2.92. The molecule has 0 aromatic rings. The van der Waals surface area contributed by atoms with E-state index < -0.39 is 0 Å². The maximum Gasteiger partial charge on any atom is 0.321 e. The van der Waals surface area contributed by atoms with E-state index in [0.717, 1.165) is 30.6 Å². The largest absolute Gasteiger partial charge is 0.461 e. The highest BCUT2D eigenvalue weighted by Gasteiger charge is 2.60. The van der Waals surface area contributed by atoms with E-state index in [4.69, 9.17) is 16.3 Å². The fraction of sp³-hybridized carbons (Fsp3) is 0.917. The van der Waals surface area contributed by atoms with Crippen molar-refractivity contribution in [2.24, 2.45) is 34.5 Å². The van der Waals surface area contributed by atoms with Gasteiger partial charge in [0.05, 0.1) is 12.6 Å². The van der Waals surface area contributed by atoms with Crippen LogP contribution in [0.3, 0.4) is 0 Å². The smallest absolute Gasteiger partial charge is 0.321 e. The molecule has 0 amide bonds. The Bertz CT molecular complexity index is 678. The second-order valence-electron chi connectivity index (χ2n) is 10.9. The first kappa shape index (κ1) is 21.4. The highest BCUT2D eigenvalue weighted by Crippen LogP contribution is 2.66. The predicted octanol–water partition coefficient (Wildman–Crippen LogP) is 5.00. The molecule has 4 fully saturated rings. The van der Waals surface area contributed by atoms with Gasteiger partial charge in [0.25, 0.3) is 0 Å². The van der Waals surface area contributed by atoms with Crippen molar-refractivity contribution in [3.8, 4) is 6.07 Å². The van der Waals surface area contributed by atoms with Crippen molar-refractivity contribution in [1.29, 1.82) is 5.26 Å². The van der Waals surface area contributed by atoms with Crippen molar-refractivity contribution in [3.05, 3.63) is 0 Å². The maximum absolute atomic E-state index is 11.7. The zero-order valence-corrected chi connectivity index (χ0v) is 19.1. The van der Waals surface area contributed by atoms with Gasteiger partial charge in [-0.2, -0.15) is 5.26 Å². The summed E-state index contributed by atoms with van der Waals surface area (Å²) < 4.78 is 5.62. The number of nitriles is 1. The van der Waals surface area contributed by atoms with E-state index in [1.54, 1.807) is 0 Å². The quantitative estimate of drug-likeness (QED) is 0.364. The van der Waals surface area contributed by atoms with Gasteiger partial charge in [-0.15, -0.1) is 11.6 Å². The number of fused-ring (bicyclic) bond motifs is 5. The van der Waals surface area contributed by atoms with Crippen molar-refractivity contribution < 1.29 is 9.53 Å². The first-order valence-corrected chi connectivity index (χ1v) is 12.2. The van der Waals surface area contributed by atoms with Gasteiger partial charge < -0.3 is 4.74 Å². The third-order valence-corrected chi connectivity index (χ3v) is 10.0. The van der Waals surface area contributed by atoms with E-state index in [1.165, 1.54) is 44.9 Å². The van der Waals surface area contributed by atoms with Crippen LogP contribution in [0, 0.1) is 45.8 Å². The molecular formula is C24H37ClN2O2. The van der Waals surface area contributed by atoms with E-state index in [0.29, 0.717) is 29.3 Å². The number of nitrogens with zero attached hydrogens (tertiary/aromatic N) is 2. The number of carbonyl (C=O) groups is 1. The van der Waals surface area contributed by atoms with Gasteiger partial charge in [-0.3, -0.25) is 9.69 Å². The molecule has 0 saturated heterocycles. The molecule has 162 valence electrons. The number of halogens is 1. The van der Waals surface area contributed by atoms with Gasteiger partial charge in [0.2, 0.25) is 0 Å². The zero-order chi connectivity index (χ0) is 20.8. The van der Waals surface area contributed by atoms with Crippen molar-refractivity contribution in [3.63, 3.8) is 0 Å². The van der Waals surface area contributed by atoms with Gasteiger partial charge in [0.1, 0.15) is 12.0 Å². The van der Waals surface area contributed by atoms with Gasteiger partial charge in [0, 0.05) is 6.04 Å². The summed E-state index contributed by atoms with van der Waals surface area (Å²) in [5.41, 5.74) is 0.758. The minimum Gasteiger partial charge on any atom is -0.461 e. The zero-order valence-electron chi connectivity index (χ0n) is 18.3. The summed E-state index contributed by atoms with van der Waals surface area (Å²) in [7, 11) is 2.15. The molecule has 4 nitrogen and oxygen atoms in total. The standard InChI is InChI=1S/C24H37ClN2O2/c1-23-10-8-17(29-22(28)15-25)14-16(23)4-5-18-19-6-7-21(27(3)13-12-26)24(19,2)11-9-20(18)23/h16-21H,4-11,13-15H2,1-3H3/t16-,17+,18-,19-,20-,21-,23-,24-/m0/s1. The van der Waals surface area contributed by atoms with Crippen LogP contribution in [0.1, 0.15) is 71.6 Å². The summed E-state index contributed by atoms with van der Waals surface area (Å²) >= 11 is 5.65. The summed E-state index contributed by atoms with van der Waals surface area (Å²) in [6.07, 6.45) is 11.1. The number of carbonyl (C=O) groups excluding carboxylic acids is 1. The Morgan fingerprint density at radius 1 is 1.10 bits per heavy atom. The van der Waals surface area contributed by atoms with E-state index in [1.807, 2.05) is 0 Å². The normalized spacial score (nSPS) is 46.3. The van der Waals surface area contributed by atoms with Gasteiger partial charge in [0.15, 0.2) is 0 Å². The molecule has 0 bridgehead atoms. The molecule has 4 aliphatic carbocycles. The molecule has 0 N–H and O–H groups in total. The van der Waals surface area contributed by atoms with Crippen LogP contribution in [0.5, 0.6) is 0 Å². The van der Waals surface area contributed by atoms with Crippen molar-refractivity contribution in [2.45, 2.75) is 83.8 Å². The van der Waals surface area contributed by atoms with E-state index in [-0.39, 0.29) is 18.0 Å². The number of hydrogen-bond donors (Lipinski definition) is 0. The molecule has 4 rings (SSSR count). The van der Waals surface area contributed by atoms with Crippen LogP contribution in [0.15, 0.2) is 0 Å². The van der Waals surface area contributed by atoms with Crippen LogP contribution in [-0.4, -0.2) is 42.5 Å². The highest BCUT2D eigenvalue weighted by atomic mass is 35.5. The predicted molar refractivity (Wildman–Crippen MR) is 114 cm³/mol. The summed E-state index contributed by atoms with van der Waals surface area (Å²) in [5, 5.41) is 9.19. The highest BCUT2D eigenvalue weighted by molar-refractivity contribution is 6.26. The fourth-order valence-corrected chi connectivity index (χ4v) is 8.52. The van der Waals surface area contributed by atoms with Gasteiger partial charge in [-0.25, -0.2) is 0 Å². The molecule has 0 aliphatic heterocycles.